The molecule has 3 rings (SSSR count). The molecule has 1 aliphatic rings. The number of aromatic amines is 1. The summed E-state index contributed by atoms with van der Waals surface area (Å²) in [5.41, 5.74) is 4.57. The molecule has 0 amide bonds. The van der Waals surface area contributed by atoms with Gasteiger partial charge in [-0.05, 0) is 6.42 Å². The van der Waals surface area contributed by atoms with Crippen molar-refractivity contribution in [2.75, 3.05) is 12.3 Å². The summed E-state index contributed by atoms with van der Waals surface area (Å²) < 4.78 is 49.5. The summed E-state index contributed by atoms with van der Waals surface area (Å²) in [6.45, 7) is 0.508. The van der Waals surface area contributed by atoms with Crippen molar-refractivity contribution in [3.8, 4) is 5.88 Å². The second kappa shape index (κ2) is 4.51. The van der Waals surface area contributed by atoms with Gasteiger partial charge in [0.15, 0.2) is 0 Å². The van der Waals surface area contributed by atoms with Gasteiger partial charge in [-0.2, -0.15) is 23.1 Å². The molecule has 1 fully saturated rings. The van der Waals surface area contributed by atoms with Crippen molar-refractivity contribution in [2.24, 2.45) is 0 Å². The fourth-order valence-corrected chi connectivity index (χ4v) is 2.09. The highest BCUT2D eigenvalue weighted by molar-refractivity contribution is 5.86. The van der Waals surface area contributed by atoms with Gasteiger partial charge >= 0.3 is 6.18 Å². The molecule has 3 N–H and O–H groups in total. The van der Waals surface area contributed by atoms with Crippen LogP contribution in [0.3, 0.4) is 0 Å². The van der Waals surface area contributed by atoms with Gasteiger partial charge in [-0.3, -0.25) is 0 Å². The van der Waals surface area contributed by atoms with Gasteiger partial charge in [0.2, 0.25) is 18.1 Å². The third kappa shape index (κ3) is 2.24. The zero-order valence-electron chi connectivity index (χ0n) is 10.2. The lowest BCUT2D eigenvalue weighted by molar-refractivity contribution is -0.136. The summed E-state index contributed by atoms with van der Waals surface area (Å²) in [6.07, 6.45) is -2.94. The molecule has 1 saturated heterocycles. The van der Waals surface area contributed by atoms with Crippen molar-refractivity contribution in [3.05, 3.63) is 11.8 Å². The van der Waals surface area contributed by atoms with Gasteiger partial charge in [-0.15, -0.1) is 0 Å². The summed E-state index contributed by atoms with van der Waals surface area (Å²) in [5, 5.41) is -0.234. The highest BCUT2D eigenvalue weighted by Gasteiger charge is 2.36. The molecule has 0 radical (unpaired) electrons. The first-order chi connectivity index (χ1) is 9.45. The van der Waals surface area contributed by atoms with E-state index in [1.165, 1.54) is 0 Å². The fraction of sp³-hybridized carbons (Fsp3) is 0.455. The van der Waals surface area contributed by atoms with Crippen LogP contribution in [0.2, 0.25) is 0 Å². The van der Waals surface area contributed by atoms with E-state index in [0.29, 0.717) is 13.0 Å². The molecule has 20 heavy (non-hydrogen) atoms. The first kappa shape index (κ1) is 13.0. The minimum absolute atomic E-state index is 0.0159. The predicted molar refractivity (Wildman–Crippen MR) is 62.9 cm³/mol. The predicted octanol–water partition coefficient (Wildman–Crippen LogP) is 2.07. The lowest BCUT2D eigenvalue weighted by Gasteiger charge is -2.14. The summed E-state index contributed by atoms with van der Waals surface area (Å²) >= 11 is 0. The Morgan fingerprint density at radius 2 is 2.20 bits per heavy atom. The van der Waals surface area contributed by atoms with Crippen LogP contribution in [-0.4, -0.2) is 27.8 Å². The maximum atomic E-state index is 13.0. The van der Waals surface area contributed by atoms with E-state index in [-0.39, 0.29) is 22.9 Å². The van der Waals surface area contributed by atoms with Crippen LogP contribution in [-0.2, 0) is 10.9 Å². The van der Waals surface area contributed by atoms with Crippen LogP contribution < -0.4 is 10.5 Å². The molecule has 0 aliphatic carbocycles. The SMILES string of the molecule is Nc1nc(OC2CCCO2)c2c(C(F)(F)F)c[nH]c2n1. The van der Waals surface area contributed by atoms with E-state index in [0.717, 1.165) is 12.6 Å². The number of nitrogen functional groups attached to an aromatic ring is 1. The van der Waals surface area contributed by atoms with Crippen molar-refractivity contribution in [2.45, 2.75) is 25.3 Å². The number of fused-ring (bicyclic) bond motifs is 1. The zero-order valence-corrected chi connectivity index (χ0v) is 10.2. The molecule has 6 nitrogen and oxygen atoms in total. The maximum absolute atomic E-state index is 13.0. The minimum Gasteiger partial charge on any atom is -0.447 e. The molecule has 1 aliphatic heterocycles. The molecule has 1 atom stereocenters. The van der Waals surface area contributed by atoms with E-state index in [2.05, 4.69) is 15.0 Å². The zero-order chi connectivity index (χ0) is 14.3. The third-order valence-corrected chi connectivity index (χ3v) is 2.95. The van der Waals surface area contributed by atoms with Crippen LogP contribution in [0.25, 0.3) is 11.0 Å². The number of nitrogens with two attached hydrogens (primary N) is 1. The molecular formula is C11H11F3N4O2. The highest BCUT2D eigenvalue weighted by atomic mass is 19.4. The van der Waals surface area contributed by atoms with E-state index < -0.39 is 18.0 Å². The Hall–Kier alpha value is -2.03. The van der Waals surface area contributed by atoms with Crippen molar-refractivity contribution >= 4 is 17.0 Å². The lowest BCUT2D eigenvalue weighted by atomic mass is 10.2. The van der Waals surface area contributed by atoms with Crippen molar-refractivity contribution in [1.82, 2.24) is 15.0 Å². The first-order valence-corrected chi connectivity index (χ1v) is 5.95. The Kier molecular flexibility index (Phi) is 2.93. The van der Waals surface area contributed by atoms with Gasteiger partial charge in [0.25, 0.3) is 0 Å². The van der Waals surface area contributed by atoms with Gasteiger partial charge in [-0.1, -0.05) is 0 Å². The summed E-state index contributed by atoms with van der Waals surface area (Å²) in [7, 11) is 0. The fourth-order valence-electron chi connectivity index (χ4n) is 2.09. The normalized spacial score (nSPS) is 19.6. The van der Waals surface area contributed by atoms with E-state index in [1.807, 2.05) is 0 Å². The number of anilines is 1. The quantitative estimate of drug-likeness (QED) is 0.883. The smallest absolute Gasteiger partial charge is 0.418 e. The number of nitrogens with zero attached hydrogens (tertiary/aromatic N) is 2. The molecule has 0 aromatic carbocycles. The Morgan fingerprint density at radius 3 is 2.85 bits per heavy atom. The Morgan fingerprint density at radius 1 is 1.40 bits per heavy atom. The minimum atomic E-state index is -4.54. The van der Waals surface area contributed by atoms with E-state index >= 15 is 0 Å². The lowest BCUT2D eigenvalue weighted by Crippen LogP contribution is -2.16. The van der Waals surface area contributed by atoms with Crippen LogP contribution in [0.5, 0.6) is 5.88 Å². The second-order valence-electron chi connectivity index (χ2n) is 4.37. The first-order valence-electron chi connectivity index (χ1n) is 5.95. The second-order valence-corrected chi connectivity index (χ2v) is 4.37. The van der Waals surface area contributed by atoms with Gasteiger partial charge < -0.3 is 20.2 Å². The van der Waals surface area contributed by atoms with E-state index in [1.54, 1.807) is 0 Å². The molecule has 3 heterocycles. The van der Waals surface area contributed by atoms with Crippen molar-refractivity contribution in [1.29, 1.82) is 0 Å². The van der Waals surface area contributed by atoms with Crippen LogP contribution in [0.1, 0.15) is 18.4 Å². The molecule has 2 aromatic heterocycles. The number of H-pyrrole nitrogens is 1. The maximum Gasteiger partial charge on any atom is 0.418 e. The van der Waals surface area contributed by atoms with E-state index in [9.17, 15) is 13.2 Å². The molecule has 0 bridgehead atoms. The number of nitrogens with one attached hydrogen (secondary N) is 1. The molecule has 108 valence electrons. The van der Waals surface area contributed by atoms with Gasteiger partial charge in [0.1, 0.15) is 5.65 Å². The van der Waals surface area contributed by atoms with Crippen LogP contribution in [0, 0.1) is 0 Å². The number of ether oxygens (including phenoxy) is 2. The number of hydrogen-bond donors (Lipinski definition) is 2. The van der Waals surface area contributed by atoms with Gasteiger partial charge in [-0.25, -0.2) is 0 Å². The molecular weight excluding hydrogens is 277 g/mol. The van der Waals surface area contributed by atoms with E-state index in [4.69, 9.17) is 15.2 Å². The Bertz CT molecular complexity index is 634. The molecule has 1 unspecified atom stereocenters. The number of hydrogen-bond acceptors (Lipinski definition) is 5. The van der Waals surface area contributed by atoms with Crippen molar-refractivity contribution < 1.29 is 22.6 Å². The molecule has 2 aromatic rings. The average Bonchev–Trinajstić information content (AvgIpc) is 2.95. The summed E-state index contributed by atoms with van der Waals surface area (Å²) in [5.74, 6) is -0.381. The van der Waals surface area contributed by atoms with Crippen LogP contribution in [0.15, 0.2) is 6.20 Å². The Balaban J connectivity index is 2.10. The Labute approximate surface area is 111 Å². The van der Waals surface area contributed by atoms with Crippen molar-refractivity contribution in [3.63, 3.8) is 0 Å². The third-order valence-electron chi connectivity index (χ3n) is 2.95. The van der Waals surface area contributed by atoms with Gasteiger partial charge in [0.05, 0.1) is 17.6 Å². The topological polar surface area (TPSA) is 86.0 Å². The summed E-state index contributed by atoms with van der Waals surface area (Å²) in [6, 6.07) is 0. The van der Waals surface area contributed by atoms with Crippen LogP contribution in [0.4, 0.5) is 19.1 Å². The van der Waals surface area contributed by atoms with Gasteiger partial charge in [0, 0.05) is 12.6 Å². The summed E-state index contributed by atoms with van der Waals surface area (Å²) in [4.78, 5) is 9.92. The molecule has 9 heteroatoms. The number of alkyl halides is 3. The number of rotatable bonds is 2. The molecule has 0 saturated carbocycles. The molecule has 0 spiro atoms. The highest BCUT2D eigenvalue weighted by Crippen LogP contribution is 2.38. The average molecular weight is 288 g/mol. The standard InChI is InChI=1S/C11H11F3N4O2/c12-11(13,14)5-4-16-8-7(5)9(18-10(15)17-8)20-6-2-1-3-19-6/h4,6H,1-3H2,(H3,15,16,17,18). The van der Waals surface area contributed by atoms with Crippen LogP contribution >= 0.6 is 0 Å². The monoisotopic (exact) mass is 288 g/mol. The number of aromatic nitrogens is 3. The largest absolute Gasteiger partial charge is 0.447 e. The number of halogens is 3.